The number of benzene rings is 1. The van der Waals surface area contributed by atoms with Gasteiger partial charge in [0.25, 0.3) is 0 Å². The second kappa shape index (κ2) is 8.90. The molecule has 172 valence electrons. The maximum atomic E-state index is 12.4. The van der Waals surface area contributed by atoms with Crippen molar-refractivity contribution in [1.29, 1.82) is 0 Å². The molecule has 0 spiro atoms. The fourth-order valence-electron chi connectivity index (χ4n) is 3.92. The standard InChI is InChI=1S/C22H27ClN4O4S/c1-15(2)32(29,30)27-8-6-25(7-9-27)17-4-5-26-13-20(24-22(26)11-17)18-12-19(23)21(31-3)10-16(18)14-28/h4-5,10-13,15,28H,6-9,14H2,1-3H3. The summed E-state index contributed by atoms with van der Waals surface area (Å²) in [6.45, 7) is 5.45. The minimum Gasteiger partial charge on any atom is -0.495 e. The summed E-state index contributed by atoms with van der Waals surface area (Å²) >= 11 is 6.30. The molecule has 3 aromatic rings. The number of ether oxygens (including phenoxy) is 1. The Morgan fingerprint density at radius 3 is 2.53 bits per heavy atom. The van der Waals surface area contributed by atoms with Crippen LogP contribution < -0.4 is 9.64 Å². The zero-order chi connectivity index (χ0) is 23.0. The number of imidazole rings is 1. The lowest BCUT2D eigenvalue weighted by molar-refractivity contribution is 0.281. The van der Waals surface area contributed by atoms with Gasteiger partial charge in [0.2, 0.25) is 10.0 Å². The Bertz CT molecular complexity index is 1230. The van der Waals surface area contributed by atoms with E-state index in [4.69, 9.17) is 21.3 Å². The molecule has 2 aromatic heterocycles. The summed E-state index contributed by atoms with van der Waals surface area (Å²) in [5.74, 6) is 0.504. The number of fused-ring (bicyclic) bond motifs is 1. The van der Waals surface area contributed by atoms with E-state index in [1.807, 2.05) is 28.9 Å². The molecule has 1 fully saturated rings. The lowest BCUT2D eigenvalue weighted by Crippen LogP contribution is -2.50. The first-order chi connectivity index (χ1) is 15.2. The number of nitrogens with zero attached hydrogens (tertiary/aromatic N) is 4. The minimum absolute atomic E-state index is 0.161. The number of pyridine rings is 1. The molecule has 4 rings (SSSR count). The van der Waals surface area contributed by atoms with E-state index in [1.165, 1.54) is 7.11 Å². The molecule has 1 aliphatic heterocycles. The maximum Gasteiger partial charge on any atom is 0.216 e. The second-order valence-corrected chi connectivity index (χ2v) is 11.0. The van der Waals surface area contributed by atoms with E-state index in [1.54, 1.807) is 30.3 Å². The first kappa shape index (κ1) is 22.8. The molecular weight excluding hydrogens is 452 g/mol. The molecule has 0 atom stereocenters. The second-order valence-electron chi connectivity index (χ2n) is 8.06. The molecule has 0 saturated carbocycles. The van der Waals surface area contributed by atoms with E-state index in [2.05, 4.69) is 4.90 Å². The zero-order valence-electron chi connectivity index (χ0n) is 18.3. The number of halogens is 1. The van der Waals surface area contributed by atoms with Gasteiger partial charge in [-0.1, -0.05) is 11.6 Å². The van der Waals surface area contributed by atoms with E-state index in [0.717, 1.165) is 16.9 Å². The Morgan fingerprint density at radius 2 is 1.91 bits per heavy atom. The fourth-order valence-corrected chi connectivity index (χ4v) is 5.43. The van der Waals surface area contributed by atoms with Crippen LogP contribution in [0.4, 0.5) is 5.69 Å². The monoisotopic (exact) mass is 478 g/mol. The van der Waals surface area contributed by atoms with Gasteiger partial charge in [-0.25, -0.2) is 13.4 Å². The van der Waals surface area contributed by atoms with Gasteiger partial charge in [0.05, 0.1) is 29.7 Å². The fraction of sp³-hybridized carbons (Fsp3) is 0.409. The predicted octanol–water partition coefficient (Wildman–Crippen LogP) is 3.02. The highest BCUT2D eigenvalue weighted by Crippen LogP contribution is 2.34. The van der Waals surface area contributed by atoms with Crippen molar-refractivity contribution in [3.05, 3.63) is 47.2 Å². The van der Waals surface area contributed by atoms with Crippen molar-refractivity contribution in [2.75, 3.05) is 38.2 Å². The Balaban J connectivity index is 1.59. The molecule has 1 aromatic carbocycles. The number of methoxy groups -OCH3 is 1. The number of hydrogen-bond donors (Lipinski definition) is 1. The van der Waals surface area contributed by atoms with Gasteiger partial charge in [-0.15, -0.1) is 0 Å². The quantitative estimate of drug-likeness (QED) is 0.586. The summed E-state index contributed by atoms with van der Waals surface area (Å²) in [4.78, 5) is 6.91. The third kappa shape index (κ3) is 4.17. The highest BCUT2D eigenvalue weighted by Gasteiger charge is 2.29. The van der Waals surface area contributed by atoms with E-state index < -0.39 is 15.3 Å². The average molecular weight is 479 g/mol. The summed E-state index contributed by atoms with van der Waals surface area (Å²) in [5, 5.41) is 9.84. The number of anilines is 1. The average Bonchev–Trinajstić information content (AvgIpc) is 3.22. The molecule has 0 unspecified atom stereocenters. The third-order valence-corrected chi connectivity index (χ3v) is 8.40. The van der Waals surface area contributed by atoms with Crippen LogP contribution in [0.15, 0.2) is 36.7 Å². The molecule has 10 heteroatoms. The van der Waals surface area contributed by atoms with Crippen molar-refractivity contribution in [1.82, 2.24) is 13.7 Å². The largest absolute Gasteiger partial charge is 0.495 e. The lowest BCUT2D eigenvalue weighted by Gasteiger charge is -2.36. The molecule has 0 amide bonds. The van der Waals surface area contributed by atoms with E-state index in [9.17, 15) is 13.5 Å². The Kier molecular flexibility index (Phi) is 6.35. The molecule has 1 N–H and O–H groups in total. The Morgan fingerprint density at radius 1 is 1.19 bits per heavy atom. The molecule has 3 heterocycles. The number of sulfonamides is 1. The molecule has 8 nitrogen and oxygen atoms in total. The molecule has 1 aliphatic rings. The number of aliphatic hydroxyl groups is 1. The van der Waals surface area contributed by atoms with Crippen LogP contribution in [0.2, 0.25) is 5.02 Å². The van der Waals surface area contributed by atoms with Crippen LogP contribution in [-0.2, 0) is 16.6 Å². The number of aliphatic hydroxyl groups excluding tert-OH is 1. The van der Waals surface area contributed by atoms with Crippen LogP contribution in [-0.4, -0.2) is 65.8 Å². The zero-order valence-corrected chi connectivity index (χ0v) is 19.9. The third-order valence-electron chi connectivity index (χ3n) is 5.83. The molecule has 0 radical (unpaired) electrons. The predicted molar refractivity (Wildman–Crippen MR) is 126 cm³/mol. The first-order valence-corrected chi connectivity index (χ1v) is 12.3. The van der Waals surface area contributed by atoms with Crippen molar-refractivity contribution in [2.45, 2.75) is 25.7 Å². The van der Waals surface area contributed by atoms with E-state index in [0.29, 0.717) is 48.2 Å². The molecule has 1 saturated heterocycles. The summed E-state index contributed by atoms with van der Waals surface area (Å²) in [5.41, 5.74) is 3.87. The number of piperazine rings is 1. The normalized spacial score (nSPS) is 15.6. The highest BCUT2D eigenvalue weighted by molar-refractivity contribution is 7.89. The van der Waals surface area contributed by atoms with Gasteiger partial charge in [-0.05, 0) is 37.6 Å². The Hall–Kier alpha value is -2.33. The van der Waals surface area contributed by atoms with E-state index >= 15 is 0 Å². The van der Waals surface area contributed by atoms with Crippen LogP contribution in [0, 0.1) is 0 Å². The molecule has 0 aliphatic carbocycles. The number of rotatable bonds is 6. The van der Waals surface area contributed by atoms with Crippen LogP contribution in [0.5, 0.6) is 5.75 Å². The van der Waals surface area contributed by atoms with Crippen LogP contribution in [0.3, 0.4) is 0 Å². The summed E-state index contributed by atoms with van der Waals surface area (Å²) in [6, 6.07) is 7.46. The molecule has 0 bridgehead atoms. The van der Waals surface area contributed by atoms with Gasteiger partial charge in [0.1, 0.15) is 11.4 Å². The van der Waals surface area contributed by atoms with Crippen molar-refractivity contribution in [2.24, 2.45) is 0 Å². The summed E-state index contributed by atoms with van der Waals surface area (Å²) < 4.78 is 33.6. The first-order valence-electron chi connectivity index (χ1n) is 10.4. The van der Waals surface area contributed by atoms with Crippen LogP contribution in [0.25, 0.3) is 16.9 Å². The van der Waals surface area contributed by atoms with Crippen LogP contribution >= 0.6 is 11.6 Å². The minimum atomic E-state index is -3.23. The maximum absolute atomic E-state index is 12.4. The molecular formula is C22H27ClN4O4S. The van der Waals surface area contributed by atoms with Gasteiger partial charge >= 0.3 is 0 Å². The van der Waals surface area contributed by atoms with E-state index in [-0.39, 0.29) is 6.61 Å². The summed E-state index contributed by atoms with van der Waals surface area (Å²) in [6.07, 6.45) is 3.83. The van der Waals surface area contributed by atoms with Gasteiger partial charge in [0, 0.05) is 55.9 Å². The van der Waals surface area contributed by atoms with Gasteiger partial charge < -0.3 is 19.1 Å². The smallest absolute Gasteiger partial charge is 0.216 e. The topological polar surface area (TPSA) is 87.4 Å². The number of aromatic nitrogens is 2. The van der Waals surface area contributed by atoms with Crippen molar-refractivity contribution in [3.8, 4) is 17.0 Å². The van der Waals surface area contributed by atoms with Crippen molar-refractivity contribution >= 4 is 33.0 Å². The lowest BCUT2D eigenvalue weighted by atomic mass is 10.1. The summed E-state index contributed by atoms with van der Waals surface area (Å²) in [7, 11) is -1.70. The SMILES string of the molecule is COc1cc(CO)c(-c2cn3ccc(N4CCN(S(=O)(=O)C(C)C)CC4)cc3n2)cc1Cl. The van der Waals surface area contributed by atoms with Crippen molar-refractivity contribution < 1.29 is 18.3 Å². The Labute approximate surface area is 193 Å². The highest BCUT2D eigenvalue weighted by atomic mass is 35.5. The van der Waals surface area contributed by atoms with Gasteiger partial charge in [0.15, 0.2) is 0 Å². The molecule has 32 heavy (non-hydrogen) atoms. The number of hydrogen-bond acceptors (Lipinski definition) is 6. The van der Waals surface area contributed by atoms with Crippen LogP contribution in [0.1, 0.15) is 19.4 Å². The van der Waals surface area contributed by atoms with Crippen molar-refractivity contribution in [3.63, 3.8) is 0 Å². The van der Waals surface area contributed by atoms with Gasteiger partial charge in [-0.2, -0.15) is 4.31 Å². The van der Waals surface area contributed by atoms with Gasteiger partial charge in [-0.3, -0.25) is 0 Å².